The van der Waals surface area contributed by atoms with Crippen LogP contribution in [0, 0.1) is 10.1 Å². The molecule has 2 amide bonds. The van der Waals surface area contributed by atoms with Crippen LogP contribution in [0.5, 0.6) is 0 Å². The molecule has 0 spiro atoms. The smallest absolute Gasteiger partial charge is 0.294 e. The van der Waals surface area contributed by atoms with Crippen LogP contribution in [-0.2, 0) is 19.2 Å². The van der Waals surface area contributed by atoms with Crippen LogP contribution in [0.1, 0.15) is 46.0 Å². The molecule has 0 aromatic carbocycles. The number of ketones is 1. The van der Waals surface area contributed by atoms with E-state index < -0.39 is 27.9 Å². The Balaban J connectivity index is 2.60. The van der Waals surface area contributed by atoms with Crippen LogP contribution in [0.15, 0.2) is 0 Å². The number of rotatable bonds is 7. The standard InChI is InChI=1S/C13H21N3O6S/c1-8(17)7-13(23,15-9(2)18)12(19)14-10-3-5-11(6-4-10)22-16(20)21/h10-11,23H,3-7H2,1-2H3,(H,14,19)(H,15,18). The maximum Gasteiger partial charge on any atom is 0.294 e. The zero-order chi connectivity index (χ0) is 17.6. The molecule has 1 saturated carbocycles. The summed E-state index contributed by atoms with van der Waals surface area (Å²) in [5.41, 5.74) is 0. The van der Waals surface area contributed by atoms with E-state index in [1.54, 1.807) is 0 Å². The third kappa shape index (κ3) is 6.43. The Morgan fingerprint density at radius 2 is 1.83 bits per heavy atom. The number of amides is 2. The van der Waals surface area contributed by atoms with E-state index in [-0.39, 0.29) is 18.2 Å². The van der Waals surface area contributed by atoms with Crippen molar-refractivity contribution in [2.75, 3.05) is 0 Å². The van der Waals surface area contributed by atoms with Gasteiger partial charge in [0, 0.05) is 19.4 Å². The van der Waals surface area contributed by atoms with Crippen molar-refractivity contribution < 1.29 is 24.3 Å². The van der Waals surface area contributed by atoms with Gasteiger partial charge in [-0.05, 0) is 32.6 Å². The first kappa shape index (κ1) is 19.2. The molecule has 1 unspecified atom stereocenters. The molecule has 9 nitrogen and oxygen atoms in total. The lowest BCUT2D eigenvalue weighted by molar-refractivity contribution is -0.769. The molecule has 0 aliphatic heterocycles. The highest BCUT2D eigenvalue weighted by molar-refractivity contribution is 7.82. The zero-order valence-electron chi connectivity index (χ0n) is 13.0. The van der Waals surface area contributed by atoms with E-state index >= 15 is 0 Å². The van der Waals surface area contributed by atoms with E-state index in [0.717, 1.165) is 0 Å². The number of thiol groups is 1. The van der Waals surface area contributed by atoms with Crippen molar-refractivity contribution >= 4 is 30.2 Å². The summed E-state index contributed by atoms with van der Waals surface area (Å²) >= 11 is 4.18. The topological polar surface area (TPSA) is 128 Å². The lowest BCUT2D eigenvalue weighted by Gasteiger charge is -2.32. The minimum Gasteiger partial charge on any atom is -0.351 e. The monoisotopic (exact) mass is 347 g/mol. The third-order valence-electron chi connectivity index (χ3n) is 3.51. The first-order chi connectivity index (χ1) is 10.6. The maximum atomic E-state index is 12.4. The van der Waals surface area contributed by atoms with Gasteiger partial charge in [0.2, 0.25) is 5.91 Å². The minimum atomic E-state index is -1.61. The Hall–Kier alpha value is -1.84. The average Bonchev–Trinajstić information content (AvgIpc) is 2.38. The first-order valence-corrected chi connectivity index (χ1v) is 7.70. The second kappa shape index (κ2) is 8.14. The highest BCUT2D eigenvalue weighted by Crippen LogP contribution is 2.23. The van der Waals surface area contributed by atoms with Crippen LogP contribution in [0.25, 0.3) is 0 Å². The number of nitrogens with one attached hydrogen (secondary N) is 2. The van der Waals surface area contributed by atoms with Gasteiger partial charge in [0.25, 0.3) is 11.0 Å². The lowest BCUT2D eigenvalue weighted by Crippen LogP contribution is -2.57. The molecule has 23 heavy (non-hydrogen) atoms. The van der Waals surface area contributed by atoms with Gasteiger partial charge in [0.15, 0.2) is 4.87 Å². The molecule has 0 radical (unpaired) electrons. The van der Waals surface area contributed by atoms with Gasteiger partial charge in [-0.15, -0.1) is 22.7 Å². The van der Waals surface area contributed by atoms with Crippen molar-refractivity contribution in [1.82, 2.24) is 10.6 Å². The molecule has 1 rings (SSSR count). The zero-order valence-corrected chi connectivity index (χ0v) is 13.9. The molecule has 0 bridgehead atoms. The summed E-state index contributed by atoms with van der Waals surface area (Å²) in [5, 5.41) is 14.6. The molecular weight excluding hydrogens is 326 g/mol. The van der Waals surface area contributed by atoms with Crippen LogP contribution in [-0.4, -0.2) is 39.7 Å². The molecule has 130 valence electrons. The molecule has 0 saturated heterocycles. The predicted octanol–water partition coefficient (Wildman–Crippen LogP) is 0.363. The normalized spacial score (nSPS) is 23.3. The highest BCUT2D eigenvalue weighted by Gasteiger charge is 2.38. The van der Waals surface area contributed by atoms with Gasteiger partial charge in [0.1, 0.15) is 11.9 Å². The summed E-state index contributed by atoms with van der Waals surface area (Å²) in [5.74, 6) is -1.32. The molecule has 0 aromatic heterocycles. The van der Waals surface area contributed by atoms with Crippen molar-refractivity contribution in [2.24, 2.45) is 0 Å². The van der Waals surface area contributed by atoms with Crippen LogP contribution in [0.2, 0.25) is 0 Å². The number of hydrogen-bond donors (Lipinski definition) is 3. The summed E-state index contributed by atoms with van der Waals surface area (Å²) in [6.07, 6.45) is 1.20. The molecule has 0 aromatic rings. The van der Waals surface area contributed by atoms with Crippen molar-refractivity contribution in [3.63, 3.8) is 0 Å². The fourth-order valence-electron chi connectivity index (χ4n) is 2.57. The van der Waals surface area contributed by atoms with Crippen molar-refractivity contribution in [3.05, 3.63) is 10.1 Å². The molecule has 0 heterocycles. The second-order valence-corrected chi connectivity index (χ2v) is 6.46. The summed E-state index contributed by atoms with van der Waals surface area (Å²) in [6, 6.07) is -0.207. The summed E-state index contributed by atoms with van der Waals surface area (Å²) < 4.78 is 0. The van der Waals surface area contributed by atoms with E-state index in [1.165, 1.54) is 13.8 Å². The first-order valence-electron chi connectivity index (χ1n) is 7.25. The van der Waals surface area contributed by atoms with Gasteiger partial charge in [-0.2, -0.15) is 0 Å². The van der Waals surface area contributed by atoms with Gasteiger partial charge < -0.3 is 15.5 Å². The molecule has 10 heteroatoms. The Bertz CT molecular complexity index is 474. The number of hydrogen-bond acceptors (Lipinski definition) is 7. The molecule has 1 fully saturated rings. The van der Waals surface area contributed by atoms with Crippen LogP contribution in [0.3, 0.4) is 0 Å². The lowest BCUT2D eigenvalue weighted by atomic mass is 9.92. The van der Waals surface area contributed by atoms with Crippen molar-refractivity contribution in [1.29, 1.82) is 0 Å². The number of nitrogens with zero attached hydrogens (tertiary/aromatic N) is 1. The van der Waals surface area contributed by atoms with Crippen LogP contribution >= 0.6 is 12.6 Å². The van der Waals surface area contributed by atoms with Gasteiger partial charge in [-0.1, -0.05) is 0 Å². The number of Topliss-reactive ketones (excluding diaryl/α,β-unsaturated/α-hetero) is 1. The van der Waals surface area contributed by atoms with Crippen molar-refractivity contribution in [2.45, 2.75) is 63.0 Å². The van der Waals surface area contributed by atoms with Gasteiger partial charge in [-0.25, -0.2) is 0 Å². The van der Waals surface area contributed by atoms with E-state index in [9.17, 15) is 24.5 Å². The van der Waals surface area contributed by atoms with E-state index in [4.69, 9.17) is 0 Å². The minimum absolute atomic E-state index is 0.207. The fourth-order valence-corrected chi connectivity index (χ4v) is 3.02. The van der Waals surface area contributed by atoms with E-state index in [2.05, 4.69) is 28.1 Å². The predicted molar refractivity (Wildman–Crippen MR) is 83.1 cm³/mol. The Labute approximate surface area is 139 Å². The summed E-state index contributed by atoms with van der Waals surface area (Å²) in [7, 11) is 0. The van der Waals surface area contributed by atoms with Crippen LogP contribution in [0.4, 0.5) is 0 Å². The molecule has 2 N–H and O–H groups in total. The largest absolute Gasteiger partial charge is 0.351 e. The SMILES string of the molecule is CC(=O)CC(S)(NC(C)=O)C(=O)NC1CCC(O[N+](=O)[O-])CC1. The highest BCUT2D eigenvalue weighted by atomic mass is 32.1. The number of carbonyl (C=O) groups excluding carboxylic acids is 3. The van der Waals surface area contributed by atoms with Gasteiger partial charge in [0.05, 0.1) is 0 Å². The quantitative estimate of drug-likeness (QED) is 0.264. The summed E-state index contributed by atoms with van der Waals surface area (Å²) in [6.45, 7) is 2.54. The van der Waals surface area contributed by atoms with E-state index in [1.807, 2.05) is 0 Å². The molecular formula is C13H21N3O6S. The second-order valence-electron chi connectivity index (χ2n) is 5.70. The Kier molecular flexibility index (Phi) is 6.79. The van der Waals surface area contributed by atoms with E-state index in [0.29, 0.717) is 25.7 Å². The fraction of sp³-hybridized carbons (Fsp3) is 0.769. The van der Waals surface area contributed by atoms with Gasteiger partial charge >= 0.3 is 0 Å². The third-order valence-corrected chi connectivity index (χ3v) is 3.98. The molecule has 1 atom stereocenters. The van der Waals surface area contributed by atoms with Crippen LogP contribution < -0.4 is 10.6 Å². The van der Waals surface area contributed by atoms with Gasteiger partial charge in [-0.3, -0.25) is 14.4 Å². The number of carbonyl (C=O) groups is 3. The summed E-state index contributed by atoms with van der Waals surface area (Å²) in [4.78, 5) is 48.1. The Morgan fingerprint density at radius 3 is 2.26 bits per heavy atom. The maximum absolute atomic E-state index is 12.4. The van der Waals surface area contributed by atoms with Crippen molar-refractivity contribution in [3.8, 4) is 0 Å². The molecule has 1 aliphatic carbocycles. The average molecular weight is 347 g/mol. The molecule has 1 aliphatic rings. The Morgan fingerprint density at radius 1 is 1.26 bits per heavy atom.